The molecule has 0 spiro atoms. The number of benzene rings is 1. The van der Waals surface area contributed by atoms with E-state index < -0.39 is 16.2 Å². The number of rotatable bonds is 2. The summed E-state index contributed by atoms with van der Waals surface area (Å²) >= 11 is 0. The highest BCUT2D eigenvalue weighted by atomic mass is 16.6. The SMILES string of the molecule is N#Cc1cn(-c2cccc([N+](=O)[O-])c2)c(=O)[nH]c1=O. The Hall–Kier alpha value is -3.21. The molecular formula is C11H6N4O4. The van der Waals surface area contributed by atoms with Crippen molar-refractivity contribution in [1.82, 2.24) is 9.55 Å². The zero-order valence-electron chi connectivity index (χ0n) is 9.36. The Morgan fingerprint density at radius 3 is 2.74 bits per heavy atom. The number of non-ortho nitro benzene ring substituents is 1. The minimum atomic E-state index is -0.797. The molecule has 19 heavy (non-hydrogen) atoms. The molecule has 0 unspecified atom stereocenters. The van der Waals surface area contributed by atoms with Gasteiger partial charge in [0.15, 0.2) is 0 Å². The monoisotopic (exact) mass is 258 g/mol. The van der Waals surface area contributed by atoms with Gasteiger partial charge in [-0.3, -0.25) is 24.5 Å². The third-order valence-corrected chi connectivity index (χ3v) is 2.38. The van der Waals surface area contributed by atoms with Gasteiger partial charge in [0, 0.05) is 18.3 Å². The van der Waals surface area contributed by atoms with Crippen molar-refractivity contribution < 1.29 is 4.92 Å². The van der Waals surface area contributed by atoms with Crippen molar-refractivity contribution in [3.05, 3.63) is 67.0 Å². The number of aromatic amines is 1. The van der Waals surface area contributed by atoms with Gasteiger partial charge in [0.25, 0.3) is 11.2 Å². The fraction of sp³-hybridized carbons (Fsp3) is 0. The van der Waals surface area contributed by atoms with Crippen LogP contribution in [0.25, 0.3) is 5.69 Å². The van der Waals surface area contributed by atoms with Crippen LogP contribution in [0.5, 0.6) is 0 Å². The molecule has 0 amide bonds. The van der Waals surface area contributed by atoms with Gasteiger partial charge in [-0.25, -0.2) is 4.79 Å². The van der Waals surface area contributed by atoms with Gasteiger partial charge in [0.2, 0.25) is 0 Å². The van der Waals surface area contributed by atoms with Crippen LogP contribution in [0.15, 0.2) is 40.1 Å². The molecule has 2 rings (SSSR count). The van der Waals surface area contributed by atoms with E-state index in [1.165, 1.54) is 24.3 Å². The summed E-state index contributed by atoms with van der Waals surface area (Å²) in [4.78, 5) is 34.9. The van der Waals surface area contributed by atoms with E-state index in [1.54, 1.807) is 6.07 Å². The Morgan fingerprint density at radius 1 is 1.37 bits per heavy atom. The van der Waals surface area contributed by atoms with Gasteiger partial charge in [-0.1, -0.05) is 6.07 Å². The molecule has 94 valence electrons. The predicted octanol–water partition coefficient (Wildman–Crippen LogP) is 0.306. The van der Waals surface area contributed by atoms with E-state index in [1.807, 2.05) is 4.98 Å². The van der Waals surface area contributed by atoms with Crippen molar-refractivity contribution in [1.29, 1.82) is 5.26 Å². The van der Waals surface area contributed by atoms with Gasteiger partial charge in [-0.15, -0.1) is 0 Å². The molecule has 0 radical (unpaired) electrons. The number of nitro groups is 1. The molecule has 2 aromatic rings. The van der Waals surface area contributed by atoms with E-state index in [2.05, 4.69) is 0 Å². The standard InChI is InChI=1S/C11H6N4O4/c12-5-7-6-14(11(17)13-10(7)16)8-2-1-3-9(4-8)15(18)19/h1-4,6H,(H,13,16,17). The van der Waals surface area contributed by atoms with Gasteiger partial charge >= 0.3 is 5.69 Å². The lowest BCUT2D eigenvalue weighted by Gasteiger charge is -2.04. The van der Waals surface area contributed by atoms with E-state index >= 15 is 0 Å². The largest absolute Gasteiger partial charge is 0.332 e. The second-order valence-electron chi connectivity index (χ2n) is 3.56. The Bertz CT molecular complexity index is 812. The highest BCUT2D eigenvalue weighted by Crippen LogP contribution is 2.15. The van der Waals surface area contributed by atoms with E-state index in [0.29, 0.717) is 0 Å². The van der Waals surface area contributed by atoms with Crippen molar-refractivity contribution in [2.45, 2.75) is 0 Å². The van der Waals surface area contributed by atoms with Crippen molar-refractivity contribution in [2.75, 3.05) is 0 Å². The summed E-state index contributed by atoms with van der Waals surface area (Å²) in [7, 11) is 0. The summed E-state index contributed by atoms with van der Waals surface area (Å²) in [6, 6.07) is 6.92. The number of nitrogens with one attached hydrogen (secondary N) is 1. The molecule has 0 bridgehead atoms. The number of hydrogen-bond donors (Lipinski definition) is 1. The molecule has 1 N–H and O–H groups in total. The summed E-state index contributed by atoms with van der Waals surface area (Å²) in [5, 5.41) is 19.4. The molecule has 0 saturated heterocycles. The number of nitriles is 1. The molecule has 0 saturated carbocycles. The highest BCUT2D eigenvalue weighted by Gasteiger charge is 2.10. The zero-order chi connectivity index (χ0) is 14.0. The van der Waals surface area contributed by atoms with Gasteiger partial charge in [-0.05, 0) is 6.07 Å². The zero-order valence-corrected chi connectivity index (χ0v) is 9.36. The predicted molar refractivity (Wildman–Crippen MR) is 64.0 cm³/mol. The van der Waals surface area contributed by atoms with Gasteiger partial charge in [0.1, 0.15) is 11.6 Å². The Kier molecular flexibility index (Phi) is 2.95. The molecular weight excluding hydrogens is 252 g/mol. The van der Waals surface area contributed by atoms with E-state index in [0.717, 1.165) is 10.8 Å². The summed E-state index contributed by atoms with van der Waals surface area (Å²) in [6.07, 6.45) is 1.04. The Morgan fingerprint density at radius 2 is 2.11 bits per heavy atom. The van der Waals surface area contributed by atoms with Crippen LogP contribution in [0.4, 0.5) is 5.69 Å². The van der Waals surface area contributed by atoms with E-state index in [4.69, 9.17) is 5.26 Å². The Labute approximate surface area is 105 Å². The first-order chi connectivity index (χ1) is 9.02. The number of aromatic nitrogens is 2. The van der Waals surface area contributed by atoms with Crippen LogP contribution in [-0.2, 0) is 0 Å². The summed E-state index contributed by atoms with van der Waals surface area (Å²) in [5.74, 6) is 0. The molecule has 0 aliphatic carbocycles. The topological polar surface area (TPSA) is 122 Å². The molecule has 0 aliphatic heterocycles. The molecule has 1 heterocycles. The minimum absolute atomic E-state index is 0.187. The fourth-order valence-electron chi connectivity index (χ4n) is 1.50. The van der Waals surface area contributed by atoms with Crippen molar-refractivity contribution in [2.24, 2.45) is 0 Å². The third kappa shape index (κ3) is 2.25. The van der Waals surface area contributed by atoms with Crippen LogP contribution < -0.4 is 11.2 Å². The van der Waals surface area contributed by atoms with Gasteiger partial charge in [-0.2, -0.15) is 5.26 Å². The average Bonchev–Trinajstić information content (AvgIpc) is 2.39. The molecule has 0 fully saturated rings. The number of H-pyrrole nitrogens is 1. The van der Waals surface area contributed by atoms with Crippen molar-refractivity contribution in [3.8, 4) is 11.8 Å². The van der Waals surface area contributed by atoms with Gasteiger partial charge < -0.3 is 0 Å². The summed E-state index contributed by atoms with van der Waals surface area (Å²) < 4.78 is 0.965. The molecule has 8 nitrogen and oxygen atoms in total. The lowest BCUT2D eigenvalue weighted by molar-refractivity contribution is -0.384. The van der Waals surface area contributed by atoms with E-state index in [-0.39, 0.29) is 16.9 Å². The molecule has 0 aliphatic rings. The minimum Gasteiger partial charge on any atom is -0.273 e. The van der Waals surface area contributed by atoms with Crippen LogP contribution in [0.3, 0.4) is 0 Å². The van der Waals surface area contributed by atoms with Crippen LogP contribution in [0.2, 0.25) is 0 Å². The van der Waals surface area contributed by atoms with Crippen LogP contribution in [0.1, 0.15) is 5.56 Å². The van der Waals surface area contributed by atoms with Crippen molar-refractivity contribution >= 4 is 5.69 Å². The van der Waals surface area contributed by atoms with Crippen molar-refractivity contribution in [3.63, 3.8) is 0 Å². The average molecular weight is 258 g/mol. The second-order valence-corrected chi connectivity index (χ2v) is 3.56. The molecule has 8 heteroatoms. The van der Waals surface area contributed by atoms with Crippen LogP contribution >= 0.6 is 0 Å². The lowest BCUT2D eigenvalue weighted by atomic mass is 10.2. The van der Waals surface area contributed by atoms with Gasteiger partial charge in [0.05, 0.1) is 10.6 Å². The smallest absolute Gasteiger partial charge is 0.273 e. The van der Waals surface area contributed by atoms with Crippen LogP contribution in [0, 0.1) is 21.4 Å². The maximum atomic E-state index is 11.6. The lowest BCUT2D eigenvalue weighted by Crippen LogP contribution is -2.30. The highest BCUT2D eigenvalue weighted by molar-refractivity contribution is 5.43. The fourth-order valence-corrected chi connectivity index (χ4v) is 1.50. The Balaban J connectivity index is 2.69. The quantitative estimate of drug-likeness (QED) is 0.613. The normalized spacial score (nSPS) is 9.84. The third-order valence-electron chi connectivity index (χ3n) is 2.38. The first-order valence-corrected chi connectivity index (χ1v) is 5.04. The molecule has 1 aromatic carbocycles. The second kappa shape index (κ2) is 4.58. The number of hydrogen-bond acceptors (Lipinski definition) is 5. The number of nitro benzene ring substituents is 1. The molecule has 1 aromatic heterocycles. The maximum absolute atomic E-state index is 11.6. The van der Waals surface area contributed by atoms with Crippen LogP contribution in [-0.4, -0.2) is 14.5 Å². The number of nitrogens with zero attached hydrogens (tertiary/aromatic N) is 3. The first-order valence-electron chi connectivity index (χ1n) is 5.04. The van der Waals surface area contributed by atoms with E-state index in [9.17, 15) is 19.7 Å². The summed E-state index contributed by atoms with van der Waals surface area (Å²) in [6.45, 7) is 0. The summed E-state index contributed by atoms with van der Waals surface area (Å²) in [5.41, 5.74) is -1.84. The molecule has 0 atom stereocenters. The first kappa shape index (κ1) is 12.3. The maximum Gasteiger partial charge on any atom is 0.332 e.